The summed E-state index contributed by atoms with van der Waals surface area (Å²) in [6.45, 7) is 0. The average molecular weight is 443 g/mol. The molecule has 0 spiro atoms. The molecule has 0 bridgehead atoms. The van der Waals surface area contributed by atoms with Crippen molar-refractivity contribution in [2.75, 3.05) is 0 Å². The highest BCUT2D eigenvalue weighted by molar-refractivity contribution is 9.10. The molecule has 1 N–H and O–H groups in total. The number of ether oxygens (including phenoxy) is 1. The van der Waals surface area contributed by atoms with E-state index < -0.39 is 11.7 Å². The summed E-state index contributed by atoms with van der Waals surface area (Å²) in [5, 5.41) is 3.01. The van der Waals surface area contributed by atoms with Gasteiger partial charge in [0, 0.05) is 28.3 Å². The van der Waals surface area contributed by atoms with E-state index in [2.05, 4.69) is 26.2 Å². The van der Waals surface area contributed by atoms with Gasteiger partial charge in [-0.05, 0) is 49.9 Å². The SMILES string of the molecule is O=C(NC1CCC(Oc2ccc(C(F)(F)F)cn2)CC1)c1cccc(Br)c1. The van der Waals surface area contributed by atoms with E-state index in [1.54, 1.807) is 18.2 Å². The highest BCUT2D eigenvalue weighted by Crippen LogP contribution is 2.30. The van der Waals surface area contributed by atoms with Crippen LogP contribution >= 0.6 is 15.9 Å². The van der Waals surface area contributed by atoms with Crippen LogP contribution in [0.15, 0.2) is 47.1 Å². The largest absolute Gasteiger partial charge is 0.474 e. The van der Waals surface area contributed by atoms with E-state index in [-0.39, 0.29) is 23.9 Å². The molecule has 3 rings (SSSR count). The number of nitrogens with one attached hydrogen (secondary N) is 1. The molecule has 8 heteroatoms. The number of benzene rings is 1. The Kier molecular flexibility index (Phi) is 6.04. The number of alkyl halides is 3. The fourth-order valence-corrected chi connectivity index (χ4v) is 3.41. The van der Waals surface area contributed by atoms with Crippen LogP contribution in [-0.2, 0) is 6.18 Å². The molecule has 0 radical (unpaired) electrons. The molecule has 1 aliphatic rings. The first-order valence-corrected chi connectivity index (χ1v) is 9.37. The number of halogens is 4. The summed E-state index contributed by atoms with van der Waals surface area (Å²) < 4.78 is 44.2. The van der Waals surface area contributed by atoms with Gasteiger partial charge in [0.1, 0.15) is 6.10 Å². The molecule has 0 atom stereocenters. The van der Waals surface area contributed by atoms with Gasteiger partial charge in [-0.25, -0.2) is 4.98 Å². The third-order valence-corrected chi connectivity index (χ3v) is 4.94. The smallest absolute Gasteiger partial charge is 0.417 e. The number of hydrogen-bond donors (Lipinski definition) is 1. The van der Waals surface area contributed by atoms with Crippen LogP contribution in [0.25, 0.3) is 0 Å². The number of aromatic nitrogens is 1. The second-order valence-electron chi connectivity index (χ2n) is 6.46. The summed E-state index contributed by atoms with van der Waals surface area (Å²) in [5.74, 6) is 0.0645. The van der Waals surface area contributed by atoms with E-state index in [1.807, 2.05) is 6.07 Å². The van der Waals surface area contributed by atoms with Gasteiger partial charge < -0.3 is 10.1 Å². The van der Waals surface area contributed by atoms with Gasteiger partial charge in [-0.15, -0.1) is 0 Å². The van der Waals surface area contributed by atoms with Crippen molar-refractivity contribution in [3.8, 4) is 5.88 Å². The average Bonchev–Trinajstić information content (AvgIpc) is 2.63. The van der Waals surface area contributed by atoms with E-state index in [4.69, 9.17) is 4.74 Å². The van der Waals surface area contributed by atoms with E-state index in [1.165, 1.54) is 6.07 Å². The maximum Gasteiger partial charge on any atom is 0.417 e. The Hall–Kier alpha value is -2.09. The third-order valence-electron chi connectivity index (χ3n) is 4.45. The Morgan fingerprint density at radius 2 is 1.89 bits per heavy atom. The van der Waals surface area contributed by atoms with Gasteiger partial charge in [-0.1, -0.05) is 22.0 Å². The van der Waals surface area contributed by atoms with Crippen LogP contribution in [0.1, 0.15) is 41.6 Å². The van der Waals surface area contributed by atoms with Crippen LogP contribution in [0, 0.1) is 0 Å². The first kappa shape index (κ1) is 19.7. The third kappa shape index (κ3) is 5.45. The summed E-state index contributed by atoms with van der Waals surface area (Å²) in [6.07, 6.45) is -0.864. The number of pyridine rings is 1. The van der Waals surface area contributed by atoms with Crippen LogP contribution in [0.2, 0.25) is 0 Å². The number of amides is 1. The minimum absolute atomic E-state index is 0.0527. The molecule has 1 fully saturated rings. The van der Waals surface area contributed by atoms with E-state index in [9.17, 15) is 18.0 Å². The standard InChI is InChI=1S/C19H18BrF3N2O2/c20-14-3-1-2-12(10-14)18(26)25-15-5-7-16(8-6-15)27-17-9-4-13(11-24-17)19(21,22)23/h1-4,9-11,15-16H,5-8H2,(H,25,26). The van der Waals surface area contributed by atoms with E-state index >= 15 is 0 Å². The van der Waals surface area contributed by atoms with Gasteiger partial charge in [0.25, 0.3) is 5.91 Å². The molecule has 1 amide bonds. The molecule has 0 saturated heterocycles. The lowest BCUT2D eigenvalue weighted by Crippen LogP contribution is -2.39. The fourth-order valence-electron chi connectivity index (χ4n) is 3.01. The molecule has 2 aromatic rings. The van der Waals surface area contributed by atoms with Crippen LogP contribution in [-0.4, -0.2) is 23.0 Å². The Bertz CT molecular complexity index is 788. The van der Waals surface area contributed by atoms with Crippen LogP contribution < -0.4 is 10.1 Å². The first-order valence-electron chi connectivity index (χ1n) is 8.57. The number of rotatable bonds is 4. The Labute approximate surface area is 163 Å². The molecule has 4 nitrogen and oxygen atoms in total. The summed E-state index contributed by atoms with van der Waals surface area (Å²) >= 11 is 3.35. The fraction of sp³-hybridized carbons (Fsp3) is 0.368. The maximum absolute atomic E-state index is 12.6. The highest BCUT2D eigenvalue weighted by atomic mass is 79.9. The minimum atomic E-state index is -4.41. The lowest BCUT2D eigenvalue weighted by atomic mass is 9.92. The highest BCUT2D eigenvalue weighted by Gasteiger charge is 2.31. The Morgan fingerprint density at radius 1 is 1.15 bits per heavy atom. The molecule has 1 aromatic carbocycles. The molecule has 0 aliphatic heterocycles. The zero-order valence-electron chi connectivity index (χ0n) is 14.3. The van der Waals surface area contributed by atoms with Crippen molar-refractivity contribution in [3.05, 3.63) is 58.2 Å². The summed E-state index contributed by atoms with van der Waals surface area (Å²) in [5.41, 5.74) is -0.203. The number of carbonyl (C=O) groups is 1. The molecule has 0 unspecified atom stereocenters. The predicted molar refractivity (Wildman–Crippen MR) is 97.5 cm³/mol. The summed E-state index contributed by atoms with van der Waals surface area (Å²) in [4.78, 5) is 16.0. The quantitative estimate of drug-likeness (QED) is 0.725. The molecular formula is C19H18BrF3N2O2. The lowest BCUT2D eigenvalue weighted by molar-refractivity contribution is -0.137. The molecule has 1 heterocycles. The van der Waals surface area contributed by atoms with Crippen molar-refractivity contribution < 1.29 is 22.7 Å². The van der Waals surface area contributed by atoms with Gasteiger partial charge >= 0.3 is 6.18 Å². The van der Waals surface area contributed by atoms with Crippen molar-refractivity contribution >= 4 is 21.8 Å². The van der Waals surface area contributed by atoms with Crippen molar-refractivity contribution in [1.29, 1.82) is 0 Å². The number of nitrogens with zero attached hydrogens (tertiary/aromatic N) is 1. The van der Waals surface area contributed by atoms with Crippen LogP contribution in [0.4, 0.5) is 13.2 Å². The van der Waals surface area contributed by atoms with Gasteiger partial charge in [-0.2, -0.15) is 13.2 Å². The monoisotopic (exact) mass is 442 g/mol. The topological polar surface area (TPSA) is 51.2 Å². The first-order chi connectivity index (χ1) is 12.8. The predicted octanol–water partition coefficient (Wildman–Crippen LogP) is 4.98. The number of hydrogen-bond acceptors (Lipinski definition) is 3. The molecule has 27 heavy (non-hydrogen) atoms. The minimum Gasteiger partial charge on any atom is -0.474 e. The molecule has 144 valence electrons. The Morgan fingerprint density at radius 3 is 2.48 bits per heavy atom. The van der Waals surface area contributed by atoms with E-state index in [0.717, 1.165) is 29.6 Å². The van der Waals surface area contributed by atoms with Crippen LogP contribution in [0.3, 0.4) is 0 Å². The second kappa shape index (κ2) is 8.29. The lowest BCUT2D eigenvalue weighted by Gasteiger charge is -2.29. The molecule has 1 saturated carbocycles. The van der Waals surface area contributed by atoms with Gasteiger partial charge in [0.15, 0.2) is 0 Å². The van der Waals surface area contributed by atoms with Crippen molar-refractivity contribution in [3.63, 3.8) is 0 Å². The molecule has 1 aliphatic carbocycles. The van der Waals surface area contributed by atoms with Gasteiger partial charge in [0.2, 0.25) is 5.88 Å². The van der Waals surface area contributed by atoms with Crippen LogP contribution in [0.5, 0.6) is 5.88 Å². The van der Waals surface area contributed by atoms with Crippen molar-refractivity contribution in [2.24, 2.45) is 0 Å². The molecular weight excluding hydrogens is 425 g/mol. The Balaban J connectivity index is 1.48. The second-order valence-corrected chi connectivity index (χ2v) is 7.37. The normalized spacial score (nSPS) is 20.1. The van der Waals surface area contributed by atoms with Crippen molar-refractivity contribution in [2.45, 2.75) is 44.0 Å². The summed E-state index contributed by atoms with van der Waals surface area (Å²) in [7, 11) is 0. The maximum atomic E-state index is 12.6. The van der Waals surface area contributed by atoms with Gasteiger partial charge in [-0.3, -0.25) is 4.79 Å². The van der Waals surface area contributed by atoms with E-state index in [0.29, 0.717) is 18.4 Å². The van der Waals surface area contributed by atoms with Gasteiger partial charge in [0.05, 0.1) is 5.56 Å². The number of carbonyl (C=O) groups excluding carboxylic acids is 1. The zero-order chi connectivity index (χ0) is 19.4. The summed E-state index contributed by atoms with van der Waals surface area (Å²) in [6, 6.07) is 9.44. The van der Waals surface area contributed by atoms with Crippen molar-refractivity contribution in [1.82, 2.24) is 10.3 Å². The molecule has 1 aromatic heterocycles. The zero-order valence-corrected chi connectivity index (χ0v) is 15.9.